The van der Waals surface area contributed by atoms with Gasteiger partial charge in [-0.15, -0.1) is 0 Å². The predicted molar refractivity (Wildman–Crippen MR) is 178 cm³/mol. The summed E-state index contributed by atoms with van der Waals surface area (Å²) in [7, 11) is 0. The molecule has 4 unspecified atom stereocenters. The van der Waals surface area contributed by atoms with Gasteiger partial charge in [-0.2, -0.15) is 0 Å². The van der Waals surface area contributed by atoms with Crippen molar-refractivity contribution in [2.24, 2.45) is 17.4 Å². The lowest BCUT2D eigenvalue weighted by Crippen LogP contribution is -2.58. The molecule has 0 bridgehead atoms. The number of amides is 3. The number of hydrogen-bond acceptors (Lipinski definition) is 6. The standard InChI is InChI=1S/C34H45N7O5/c1-20(2)15-28(32(43)41-30(34(45)46)17-22-19-38-27-13-6-4-10-24(22)27)40-33(44)29(39-31(42)25(36)11-7-8-14-35)16-21-18-37-26-12-5-3-9-23(21)26/h3-6,9-10,12-13,18-20,25,28-30,37-38H,7-8,11,14-17,35-36H2,1-2H3,(H,39,42)(H,40,44)(H,41,43)(H,45,46). The van der Waals surface area contributed by atoms with Crippen LogP contribution < -0.4 is 27.4 Å². The maximum atomic E-state index is 13.8. The Morgan fingerprint density at radius 3 is 1.78 bits per heavy atom. The van der Waals surface area contributed by atoms with Gasteiger partial charge < -0.3 is 42.5 Å². The van der Waals surface area contributed by atoms with Crippen LogP contribution in [-0.4, -0.2) is 69.5 Å². The second kappa shape index (κ2) is 16.1. The quantitative estimate of drug-likeness (QED) is 0.0816. The molecule has 246 valence electrons. The molecular formula is C34H45N7O5. The van der Waals surface area contributed by atoms with Crippen molar-refractivity contribution in [3.63, 3.8) is 0 Å². The van der Waals surface area contributed by atoms with Crippen LogP contribution in [0.4, 0.5) is 0 Å². The van der Waals surface area contributed by atoms with Crippen molar-refractivity contribution in [1.29, 1.82) is 0 Å². The van der Waals surface area contributed by atoms with Crippen molar-refractivity contribution < 1.29 is 24.3 Å². The molecule has 0 radical (unpaired) electrons. The normalized spacial score (nSPS) is 14.1. The van der Waals surface area contributed by atoms with E-state index in [0.29, 0.717) is 19.4 Å². The lowest BCUT2D eigenvalue weighted by molar-refractivity contribution is -0.142. The van der Waals surface area contributed by atoms with Gasteiger partial charge in [0.05, 0.1) is 6.04 Å². The molecule has 2 heterocycles. The van der Waals surface area contributed by atoms with Gasteiger partial charge >= 0.3 is 5.97 Å². The Balaban J connectivity index is 1.52. The molecular weight excluding hydrogens is 586 g/mol. The minimum absolute atomic E-state index is 0.00873. The second-order valence-electron chi connectivity index (χ2n) is 12.2. The zero-order valence-corrected chi connectivity index (χ0v) is 26.3. The number of carbonyl (C=O) groups is 4. The minimum Gasteiger partial charge on any atom is -0.480 e. The van der Waals surface area contributed by atoms with E-state index in [1.807, 2.05) is 62.4 Å². The predicted octanol–water partition coefficient (Wildman–Crippen LogP) is 2.48. The summed E-state index contributed by atoms with van der Waals surface area (Å²) in [6.45, 7) is 4.29. The van der Waals surface area contributed by atoms with Crippen LogP contribution in [0.5, 0.6) is 0 Å². The molecule has 46 heavy (non-hydrogen) atoms. The van der Waals surface area contributed by atoms with Crippen molar-refractivity contribution in [3.05, 3.63) is 72.1 Å². The topological polar surface area (TPSA) is 208 Å². The number of fused-ring (bicyclic) bond motifs is 2. The van der Waals surface area contributed by atoms with Crippen LogP contribution in [0.15, 0.2) is 60.9 Å². The van der Waals surface area contributed by atoms with E-state index < -0.39 is 47.9 Å². The van der Waals surface area contributed by atoms with Gasteiger partial charge in [-0.3, -0.25) is 14.4 Å². The summed E-state index contributed by atoms with van der Waals surface area (Å²) >= 11 is 0. The zero-order valence-electron chi connectivity index (χ0n) is 26.3. The molecule has 2 aromatic carbocycles. The number of H-pyrrole nitrogens is 2. The Labute approximate surface area is 268 Å². The van der Waals surface area contributed by atoms with Crippen molar-refractivity contribution in [3.8, 4) is 0 Å². The third-order valence-corrected chi connectivity index (χ3v) is 8.09. The van der Waals surface area contributed by atoms with E-state index >= 15 is 0 Å². The maximum Gasteiger partial charge on any atom is 0.326 e. The van der Waals surface area contributed by atoms with Gasteiger partial charge in [0, 0.05) is 47.0 Å². The number of hydrogen-bond donors (Lipinski definition) is 8. The summed E-state index contributed by atoms with van der Waals surface area (Å²) in [5.41, 5.74) is 15.0. The van der Waals surface area contributed by atoms with Crippen molar-refractivity contribution in [2.75, 3.05) is 6.54 Å². The van der Waals surface area contributed by atoms with Gasteiger partial charge in [0.1, 0.15) is 18.1 Å². The van der Waals surface area contributed by atoms with Crippen molar-refractivity contribution in [2.45, 2.75) is 76.5 Å². The van der Waals surface area contributed by atoms with Crippen LogP contribution in [0.2, 0.25) is 0 Å². The third-order valence-electron chi connectivity index (χ3n) is 8.09. The van der Waals surface area contributed by atoms with E-state index in [1.165, 1.54) is 0 Å². The van der Waals surface area contributed by atoms with Crippen molar-refractivity contribution >= 4 is 45.5 Å². The van der Waals surface area contributed by atoms with Gasteiger partial charge in [-0.25, -0.2) is 4.79 Å². The molecule has 12 heteroatoms. The van der Waals surface area contributed by atoms with E-state index in [9.17, 15) is 24.3 Å². The molecule has 12 nitrogen and oxygen atoms in total. The smallest absolute Gasteiger partial charge is 0.326 e. The number of nitrogens with one attached hydrogen (secondary N) is 5. The minimum atomic E-state index is -1.23. The number of carboxylic acids is 1. The summed E-state index contributed by atoms with van der Waals surface area (Å²) in [5, 5.41) is 20.0. The summed E-state index contributed by atoms with van der Waals surface area (Å²) < 4.78 is 0. The Morgan fingerprint density at radius 1 is 0.739 bits per heavy atom. The highest BCUT2D eigenvalue weighted by molar-refractivity contribution is 5.95. The van der Waals surface area contributed by atoms with E-state index in [0.717, 1.165) is 39.4 Å². The van der Waals surface area contributed by atoms with Crippen molar-refractivity contribution in [1.82, 2.24) is 25.9 Å². The zero-order chi connectivity index (χ0) is 33.2. The number of rotatable bonds is 17. The Hall–Kier alpha value is -4.68. The largest absolute Gasteiger partial charge is 0.480 e. The molecule has 0 fully saturated rings. The maximum absolute atomic E-state index is 13.8. The second-order valence-corrected chi connectivity index (χ2v) is 12.2. The van der Waals surface area contributed by atoms with E-state index in [2.05, 4.69) is 25.9 Å². The number of unbranched alkanes of at least 4 members (excludes halogenated alkanes) is 1. The number of carbonyl (C=O) groups excluding carboxylic acids is 3. The summed E-state index contributed by atoms with van der Waals surface area (Å²) in [5.74, 6) is -2.87. The van der Waals surface area contributed by atoms with Crippen LogP contribution in [0.1, 0.15) is 50.7 Å². The first kappa shape index (κ1) is 34.2. The number of benzene rings is 2. The number of para-hydroxylation sites is 2. The highest BCUT2D eigenvalue weighted by atomic mass is 16.4. The van der Waals surface area contributed by atoms with Crippen LogP contribution in [-0.2, 0) is 32.0 Å². The van der Waals surface area contributed by atoms with Gasteiger partial charge in [-0.05, 0) is 55.0 Å². The highest BCUT2D eigenvalue weighted by Gasteiger charge is 2.31. The molecule has 0 saturated carbocycles. The molecule has 0 saturated heterocycles. The Morgan fingerprint density at radius 2 is 1.24 bits per heavy atom. The molecule has 2 aromatic heterocycles. The fourth-order valence-corrected chi connectivity index (χ4v) is 5.62. The van der Waals surface area contributed by atoms with Gasteiger partial charge in [0.2, 0.25) is 17.7 Å². The highest BCUT2D eigenvalue weighted by Crippen LogP contribution is 2.21. The Bertz CT molecular complexity index is 1640. The van der Waals surface area contributed by atoms with Gasteiger partial charge in [-0.1, -0.05) is 56.7 Å². The fraction of sp³-hybridized carbons (Fsp3) is 0.412. The lowest BCUT2D eigenvalue weighted by atomic mass is 9.99. The molecule has 10 N–H and O–H groups in total. The van der Waals surface area contributed by atoms with Crippen LogP contribution in [0, 0.1) is 5.92 Å². The molecule has 0 aliphatic carbocycles. The van der Waals surface area contributed by atoms with Crippen LogP contribution >= 0.6 is 0 Å². The monoisotopic (exact) mass is 631 g/mol. The number of aromatic amines is 2. The molecule has 0 aliphatic rings. The van der Waals surface area contributed by atoms with Gasteiger partial charge in [0.15, 0.2) is 0 Å². The van der Waals surface area contributed by atoms with Crippen LogP contribution in [0.25, 0.3) is 21.8 Å². The molecule has 4 atom stereocenters. The number of aliphatic carboxylic acids is 1. The van der Waals surface area contributed by atoms with Gasteiger partial charge in [0.25, 0.3) is 0 Å². The first-order valence-corrected chi connectivity index (χ1v) is 15.8. The molecule has 0 aliphatic heterocycles. The molecule has 4 aromatic rings. The van der Waals surface area contributed by atoms with E-state index in [4.69, 9.17) is 11.5 Å². The first-order valence-electron chi connectivity index (χ1n) is 15.8. The summed E-state index contributed by atoms with van der Waals surface area (Å²) in [4.78, 5) is 59.1. The lowest BCUT2D eigenvalue weighted by Gasteiger charge is -2.26. The number of carboxylic acid groups (broad SMARTS) is 1. The first-order chi connectivity index (χ1) is 22.1. The van der Waals surface area contributed by atoms with E-state index in [1.54, 1.807) is 12.4 Å². The fourth-order valence-electron chi connectivity index (χ4n) is 5.62. The summed E-state index contributed by atoms with van der Waals surface area (Å²) in [6.07, 6.45) is 5.78. The van der Waals surface area contributed by atoms with E-state index in [-0.39, 0.29) is 25.2 Å². The van der Waals surface area contributed by atoms with Crippen LogP contribution in [0.3, 0.4) is 0 Å². The average Bonchev–Trinajstić information content (AvgIpc) is 3.63. The molecule has 0 spiro atoms. The Kier molecular flexibility index (Phi) is 11.9. The number of nitrogens with two attached hydrogens (primary N) is 2. The molecule has 4 rings (SSSR count). The SMILES string of the molecule is CC(C)CC(NC(=O)C(Cc1c[nH]c2ccccc12)NC(=O)C(N)CCCCN)C(=O)NC(Cc1c[nH]c2ccccc12)C(=O)O. The molecule has 3 amide bonds. The summed E-state index contributed by atoms with van der Waals surface area (Å²) in [6, 6.07) is 11.0. The average molecular weight is 632 g/mol. The number of aromatic nitrogens is 2. The third kappa shape index (κ3) is 8.95.